The molecule has 1 saturated heterocycles. The second kappa shape index (κ2) is 6.78. The first-order valence-corrected chi connectivity index (χ1v) is 7.18. The van der Waals surface area contributed by atoms with E-state index in [1.807, 2.05) is 6.92 Å². The van der Waals surface area contributed by atoms with Crippen molar-refractivity contribution in [1.29, 1.82) is 0 Å². The Balaban J connectivity index is 2.53. The fourth-order valence-corrected chi connectivity index (χ4v) is 2.51. The summed E-state index contributed by atoms with van der Waals surface area (Å²) in [6.45, 7) is 6.01. The molecule has 120 valence electrons. The number of nitrogens with one attached hydrogen (secondary N) is 2. The average molecular weight is 299 g/mol. The number of amides is 3. The lowest BCUT2D eigenvalue weighted by Gasteiger charge is -2.36. The number of carbonyl (C=O) groups is 3. The fourth-order valence-electron chi connectivity index (χ4n) is 2.51. The SMILES string of the molecule is CNC(=O)C(C)(C)CNC(=O)N1CCC(C(=O)O)CC1C. The Morgan fingerprint density at radius 1 is 1.33 bits per heavy atom. The molecule has 7 heteroatoms. The van der Waals surface area contributed by atoms with Crippen molar-refractivity contribution < 1.29 is 19.5 Å². The molecule has 0 radical (unpaired) electrons. The molecular weight excluding hydrogens is 274 g/mol. The number of hydrogen-bond donors (Lipinski definition) is 3. The second-order valence-corrected chi connectivity index (χ2v) is 6.22. The lowest BCUT2D eigenvalue weighted by Crippen LogP contribution is -2.53. The smallest absolute Gasteiger partial charge is 0.317 e. The van der Waals surface area contributed by atoms with Gasteiger partial charge in [-0.15, -0.1) is 0 Å². The monoisotopic (exact) mass is 299 g/mol. The molecule has 7 nitrogen and oxygen atoms in total. The molecule has 0 spiro atoms. The van der Waals surface area contributed by atoms with E-state index in [0.29, 0.717) is 19.4 Å². The van der Waals surface area contributed by atoms with Crippen LogP contribution in [0.2, 0.25) is 0 Å². The zero-order valence-corrected chi connectivity index (χ0v) is 13.1. The van der Waals surface area contributed by atoms with Gasteiger partial charge in [0.25, 0.3) is 0 Å². The molecule has 0 bridgehead atoms. The number of likely N-dealkylation sites (tertiary alicyclic amines) is 1. The van der Waals surface area contributed by atoms with Gasteiger partial charge in [0.2, 0.25) is 5.91 Å². The van der Waals surface area contributed by atoms with Gasteiger partial charge < -0.3 is 20.6 Å². The summed E-state index contributed by atoms with van der Waals surface area (Å²) in [4.78, 5) is 36.5. The zero-order valence-electron chi connectivity index (χ0n) is 13.1. The number of carbonyl (C=O) groups excluding carboxylic acids is 2. The van der Waals surface area contributed by atoms with Crippen molar-refractivity contribution in [2.24, 2.45) is 11.3 Å². The Labute approximate surface area is 125 Å². The highest BCUT2D eigenvalue weighted by Gasteiger charge is 2.33. The van der Waals surface area contributed by atoms with Gasteiger partial charge in [0.1, 0.15) is 0 Å². The van der Waals surface area contributed by atoms with Crippen molar-refractivity contribution in [3.63, 3.8) is 0 Å². The Morgan fingerprint density at radius 3 is 2.43 bits per heavy atom. The Kier molecular flexibility index (Phi) is 5.57. The van der Waals surface area contributed by atoms with Gasteiger partial charge in [-0.25, -0.2) is 4.79 Å². The van der Waals surface area contributed by atoms with Gasteiger partial charge in [0, 0.05) is 26.2 Å². The molecule has 1 rings (SSSR count). The molecule has 1 aliphatic heterocycles. The molecule has 0 saturated carbocycles. The lowest BCUT2D eigenvalue weighted by atomic mass is 9.91. The molecule has 3 amide bonds. The topological polar surface area (TPSA) is 98.7 Å². The number of carboxylic acid groups (broad SMARTS) is 1. The molecule has 1 aliphatic rings. The van der Waals surface area contributed by atoms with Crippen molar-refractivity contribution in [3.8, 4) is 0 Å². The standard InChI is InChI=1S/C14H25N3O4/c1-9-7-10(11(18)19)5-6-17(9)13(21)16-8-14(2,3)12(20)15-4/h9-10H,5-8H2,1-4H3,(H,15,20)(H,16,21)(H,18,19). The first-order chi connectivity index (χ1) is 9.69. The molecule has 0 aromatic heterocycles. The van der Waals surface area contributed by atoms with Gasteiger partial charge in [0.15, 0.2) is 0 Å². The summed E-state index contributed by atoms with van der Waals surface area (Å²) in [6, 6.07) is -0.369. The number of nitrogens with zero attached hydrogens (tertiary/aromatic N) is 1. The van der Waals surface area contributed by atoms with E-state index in [4.69, 9.17) is 5.11 Å². The summed E-state index contributed by atoms with van der Waals surface area (Å²) in [7, 11) is 1.56. The zero-order chi connectivity index (χ0) is 16.2. The molecule has 2 atom stereocenters. The highest BCUT2D eigenvalue weighted by atomic mass is 16.4. The Bertz CT molecular complexity index is 422. The van der Waals surface area contributed by atoms with E-state index in [9.17, 15) is 14.4 Å². The lowest BCUT2D eigenvalue weighted by molar-refractivity contribution is -0.143. The van der Waals surface area contributed by atoms with Gasteiger partial charge in [-0.1, -0.05) is 0 Å². The van der Waals surface area contributed by atoms with Crippen molar-refractivity contribution in [3.05, 3.63) is 0 Å². The molecular formula is C14H25N3O4. The van der Waals surface area contributed by atoms with Crippen molar-refractivity contribution in [1.82, 2.24) is 15.5 Å². The average Bonchev–Trinajstić information content (AvgIpc) is 2.43. The van der Waals surface area contributed by atoms with E-state index >= 15 is 0 Å². The van der Waals surface area contributed by atoms with Crippen LogP contribution >= 0.6 is 0 Å². The van der Waals surface area contributed by atoms with E-state index in [0.717, 1.165) is 0 Å². The Morgan fingerprint density at radius 2 is 1.95 bits per heavy atom. The minimum atomic E-state index is -0.803. The van der Waals surface area contributed by atoms with Crippen molar-refractivity contribution in [2.45, 2.75) is 39.7 Å². The molecule has 1 fully saturated rings. The summed E-state index contributed by atoms with van der Waals surface area (Å²) in [6.07, 6.45) is 0.924. The minimum Gasteiger partial charge on any atom is -0.481 e. The first kappa shape index (κ1) is 17.3. The van der Waals surface area contributed by atoms with Crippen LogP contribution in [-0.4, -0.2) is 54.1 Å². The number of hydrogen-bond acceptors (Lipinski definition) is 3. The van der Waals surface area contributed by atoms with Crippen LogP contribution in [0.3, 0.4) is 0 Å². The van der Waals surface area contributed by atoms with Crippen LogP contribution in [0.5, 0.6) is 0 Å². The van der Waals surface area contributed by atoms with Gasteiger partial charge >= 0.3 is 12.0 Å². The van der Waals surface area contributed by atoms with Crippen LogP contribution in [0, 0.1) is 11.3 Å². The summed E-state index contributed by atoms with van der Waals surface area (Å²) in [5.74, 6) is -1.32. The molecule has 0 aromatic rings. The highest BCUT2D eigenvalue weighted by molar-refractivity contribution is 5.83. The third kappa shape index (κ3) is 4.34. The third-order valence-corrected chi connectivity index (χ3v) is 4.01. The Hall–Kier alpha value is -1.79. The van der Waals surface area contributed by atoms with E-state index in [-0.39, 0.29) is 30.4 Å². The predicted octanol–water partition coefficient (Wildman–Crippen LogP) is 0.653. The molecule has 21 heavy (non-hydrogen) atoms. The first-order valence-electron chi connectivity index (χ1n) is 7.18. The van der Waals surface area contributed by atoms with Crippen LogP contribution in [0.15, 0.2) is 0 Å². The van der Waals surface area contributed by atoms with Crippen LogP contribution in [-0.2, 0) is 9.59 Å². The van der Waals surface area contributed by atoms with E-state index in [2.05, 4.69) is 10.6 Å². The predicted molar refractivity (Wildman–Crippen MR) is 77.8 cm³/mol. The summed E-state index contributed by atoms with van der Waals surface area (Å²) < 4.78 is 0. The number of carboxylic acids is 1. The molecule has 0 aromatic carbocycles. The summed E-state index contributed by atoms with van der Waals surface area (Å²) in [5, 5.41) is 14.3. The molecule has 1 heterocycles. The van der Waals surface area contributed by atoms with Crippen LogP contribution in [0.4, 0.5) is 4.79 Å². The number of rotatable bonds is 4. The quantitative estimate of drug-likeness (QED) is 0.710. The van der Waals surface area contributed by atoms with Crippen LogP contribution in [0.25, 0.3) is 0 Å². The largest absolute Gasteiger partial charge is 0.481 e. The van der Waals surface area contributed by atoms with E-state index < -0.39 is 11.4 Å². The maximum Gasteiger partial charge on any atom is 0.317 e. The summed E-state index contributed by atoms with van der Waals surface area (Å²) in [5.41, 5.74) is -0.687. The van der Waals surface area contributed by atoms with Crippen LogP contribution in [0.1, 0.15) is 33.6 Å². The van der Waals surface area contributed by atoms with Crippen LogP contribution < -0.4 is 10.6 Å². The minimum absolute atomic E-state index is 0.122. The number of urea groups is 1. The second-order valence-electron chi connectivity index (χ2n) is 6.22. The fraction of sp³-hybridized carbons (Fsp3) is 0.786. The van der Waals surface area contributed by atoms with E-state index in [1.54, 1.807) is 25.8 Å². The molecule has 2 unspecified atom stereocenters. The van der Waals surface area contributed by atoms with Gasteiger partial charge in [-0.05, 0) is 33.6 Å². The third-order valence-electron chi connectivity index (χ3n) is 4.01. The van der Waals surface area contributed by atoms with Gasteiger partial charge in [0.05, 0.1) is 11.3 Å². The van der Waals surface area contributed by atoms with Crippen molar-refractivity contribution in [2.75, 3.05) is 20.1 Å². The van der Waals surface area contributed by atoms with Crippen molar-refractivity contribution >= 4 is 17.9 Å². The molecule has 0 aliphatic carbocycles. The summed E-state index contributed by atoms with van der Waals surface area (Å²) >= 11 is 0. The van der Waals surface area contributed by atoms with E-state index in [1.165, 1.54) is 0 Å². The van der Waals surface area contributed by atoms with Gasteiger partial charge in [-0.2, -0.15) is 0 Å². The highest BCUT2D eigenvalue weighted by Crippen LogP contribution is 2.23. The normalized spacial score (nSPS) is 22.6. The maximum absolute atomic E-state index is 12.2. The van der Waals surface area contributed by atoms with Gasteiger partial charge in [-0.3, -0.25) is 9.59 Å². The number of piperidine rings is 1. The molecule has 3 N–H and O–H groups in total. The number of aliphatic carboxylic acids is 1. The maximum atomic E-state index is 12.2.